The van der Waals surface area contributed by atoms with Crippen LogP contribution in [0.15, 0.2) is 60.0 Å². The van der Waals surface area contributed by atoms with Gasteiger partial charge in [-0.2, -0.15) is 5.10 Å². The highest BCUT2D eigenvalue weighted by Gasteiger charge is 2.15. The number of thiophene rings is 1. The molecule has 1 N–H and O–H groups in total. The molecule has 0 spiro atoms. The van der Waals surface area contributed by atoms with Crippen LogP contribution in [0.2, 0.25) is 0 Å². The molecule has 0 aliphatic heterocycles. The predicted molar refractivity (Wildman–Crippen MR) is 129 cm³/mol. The molecule has 2 heterocycles. The first kappa shape index (κ1) is 21.8. The normalized spacial score (nSPS) is 10.9. The lowest BCUT2D eigenvalue weighted by Crippen LogP contribution is -2.22. The maximum Gasteiger partial charge on any atom is 0.261 e. The van der Waals surface area contributed by atoms with Crippen LogP contribution in [0, 0.1) is 27.7 Å². The lowest BCUT2D eigenvalue weighted by molar-refractivity contribution is 0.0955. The van der Waals surface area contributed by atoms with Crippen LogP contribution in [0.5, 0.6) is 5.75 Å². The van der Waals surface area contributed by atoms with E-state index >= 15 is 0 Å². The number of nitrogens with zero attached hydrogens (tertiary/aromatic N) is 2. The number of carbonyl (C=O) groups is 1. The minimum atomic E-state index is -0.0840. The zero-order chi connectivity index (χ0) is 22.7. The highest BCUT2D eigenvalue weighted by atomic mass is 32.1. The third kappa shape index (κ3) is 4.75. The third-order valence-corrected chi connectivity index (χ3v) is 6.46. The van der Waals surface area contributed by atoms with Gasteiger partial charge in [0.05, 0.1) is 16.3 Å². The Bertz CT molecular complexity index is 1240. The Kier molecular flexibility index (Phi) is 6.42. The topological polar surface area (TPSA) is 56.1 Å². The number of hydrogen-bond acceptors (Lipinski definition) is 4. The number of nitrogens with one attached hydrogen (secondary N) is 1. The van der Waals surface area contributed by atoms with E-state index < -0.39 is 0 Å². The summed E-state index contributed by atoms with van der Waals surface area (Å²) in [5, 5.41) is 9.67. The monoisotopic (exact) mass is 445 g/mol. The predicted octanol–water partition coefficient (Wildman–Crippen LogP) is 5.68. The van der Waals surface area contributed by atoms with Crippen LogP contribution in [0.3, 0.4) is 0 Å². The molecule has 0 saturated carbocycles. The number of benzene rings is 2. The van der Waals surface area contributed by atoms with Crippen molar-refractivity contribution in [3.8, 4) is 11.4 Å². The Morgan fingerprint density at radius 2 is 1.84 bits per heavy atom. The Morgan fingerprint density at radius 3 is 2.62 bits per heavy atom. The van der Waals surface area contributed by atoms with Crippen LogP contribution in [0.25, 0.3) is 5.69 Å². The van der Waals surface area contributed by atoms with Gasteiger partial charge in [-0.25, -0.2) is 4.68 Å². The number of ether oxygens (including phenoxy) is 1. The summed E-state index contributed by atoms with van der Waals surface area (Å²) in [7, 11) is 0. The molecule has 4 aromatic rings. The van der Waals surface area contributed by atoms with E-state index in [9.17, 15) is 4.79 Å². The smallest absolute Gasteiger partial charge is 0.261 e. The second-order valence-electron chi connectivity index (χ2n) is 7.96. The van der Waals surface area contributed by atoms with Gasteiger partial charge in [-0.05, 0) is 68.5 Å². The fourth-order valence-corrected chi connectivity index (χ4v) is 4.41. The van der Waals surface area contributed by atoms with Crippen molar-refractivity contribution in [2.24, 2.45) is 0 Å². The van der Waals surface area contributed by atoms with Crippen LogP contribution in [0.4, 0.5) is 0 Å². The zero-order valence-electron chi connectivity index (χ0n) is 18.8. The van der Waals surface area contributed by atoms with E-state index in [4.69, 9.17) is 4.74 Å². The molecule has 0 bridgehead atoms. The largest absolute Gasteiger partial charge is 0.489 e. The SMILES string of the molecule is Cc1ccc(C)c(OCc2csc(C(=O)NCc3c(C)nn(-c4ccccc4)c3C)c2)c1. The number of para-hydroxylation sites is 1. The summed E-state index contributed by atoms with van der Waals surface area (Å²) in [5.74, 6) is 0.794. The number of aromatic nitrogens is 2. The van der Waals surface area contributed by atoms with Gasteiger partial charge in [-0.3, -0.25) is 4.79 Å². The first-order valence-electron chi connectivity index (χ1n) is 10.6. The van der Waals surface area contributed by atoms with E-state index in [1.54, 1.807) is 0 Å². The van der Waals surface area contributed by atoms with Gasteiger partial charge >= 0.3 is 0 Å². The van der Waals surface area contributed by atoms with Gasteiger partial charge in [0.2, 0.25) is 0 Å². The summed E-state index contributed by atoms with van der Waals surface area (Å²) in [6, 6.07) is 18.1. The van der Waals surface area contributed by atoms with Crippen LogP contribution >= 0.6 is 11.3 Å². The molecule has 2 aromatic carbocycles. The maximum atomic E-state index is 12.7. The second kappa shape index (κ2) is 9.40. The molecule has 0 atom stereocenters. The molecule has 1 amide bonds. The van der Waals surface area contributed by atoms with Crippen molar-refractivity contribution in [1.82, 2.24) is 15.1 Å². The molecular formula is C26H27N3O2S. The molecule has 0 saturated heterocycles. The van der Waals surface area contributed by atoms with Crippen LogP contribution < -0.4 is 10.1 Å². The first-order valence-corrected chi connectivity index (χ1v) is 11.5. The average molecular weight is 446 g/mol. The van der Waals surface area contributed by atoms with Crippen molar-refractivity contribution in [3.63, 3.8) is 0 Å². The Hall–Kier alpha value is -3.38. The van der Waals surface area contributed by atoms with Crippen molar-refractivity contribution < 1.29 is 9.53 Å². The van der Waals surface area contributed by atoms with Crippen molar-refractivity contribution in [2.75, 3.05) is 0 Å². The van der Waals surface area contributed by atoms with E-state index in [-0.39, 0.29) is 5.91 Å². The van der Waals surface area contributed by atoms with Gasteiger partial charge in [0.25, 0.3) is 5.91 Å². The number of carbonyl (C=O) groups excluding carboxylic acids is 1. The Labute approximate surface area is 192 Å². The fraction of sp³-hybridized carbons (Fsp3) is 0.231. The molecule has 5 nitrogen and oxygen atoms in total. The molecule has 0 aliphatic carbocycles. The summed E-state index contributed by atoms with van der Waals surface area (Å²) in [6.07, 6.45) is 0. The minimum absolute atomic E-state index is 0.0840. The van der Waals surface area contributed by atoms with Crippen LogP contribution in [0.1, 0.15) is 43.3 Å². The zero-order valence-corrected chi connectivity index (χ0v) is 19.6. The standard InChI is InChI=1S/C26H27N3O2S/c1-17-10-11-18(2)24(12-17)31-15-21-13-25(32-16-21)26(30)27-14-23-19(3)28-29(20(23)4)22-8-6-5-7-9-22/h5-13,16H,14-15H2,1-4H3,(H,27,30). The Balaban J connectivity index is 1.39. The van der Waals surface area contributed by atoms with Gasteiger partial charge in [0.15, 0.2) is 0 Å². The van der Waals surface area contributed by atoms with Crippen molar-refractivity contribution >= 4 is 17.2 Å². The van der Waals surface area contributed by atoms with Crippen molar-refractivity contribution in [3.05, 3.63) is 98.5 Å². The summed E-state index contributed by atoms with van der Waals surface area (Å²) in [4.78, 5) is 13.4. The molecule has 6 heteroatoms. The third-order valence-electron chi connectivity index (χ3n) is 5.48. The summed E-state index contributed by atoms with van der Waals surface area (Å²) in [6.45, 7) is 8.97. The number of hydrogen-bond donors (Lipinski definition) is 1. The average Bonchev–Trinajstić information content (AvgIpc) is 3.38. The molecule has 0 aliphatic rings. The number of aryl methyl sites for hydroxylation is 3. The summed E-state index contributed by atoms with van der Waals surface area (Å²) in [5.41, 5.74) is 7.26. The summed E-state index contributed by atoms with van der Waals surface area (Å²) < 4.78 is 7.89. The number of rotatable bonds is 7. The van der Waals surface area contributed by atoms with Gasteiger partial charge in [-0.1, -0.05) is 30.3 Å². The van der Waals surface area contributed by atoms with Crippen LogP contribution in [-0.4, -0.2) is 15.7 Å². The quantitative estimate of drug-likeness (QED) is 0.398. The van der Waals surface area contributed by atoms with E-state index in [1.807, 2.05) is 80.2 Å². The molecule has 0 radical (unpaired) electrons. The molecule has 2 aromatic heterocycles. The number of amides is 1. The molecule has 4 rings (SSSR count). The minimum Gasteiger partial charge on any atom is -0.489 e. The fourth-order valence-electron chi connectivity index (χ4n) is 3.60. The van der Waals surface area contributed by atoms with Crippen molar-refractivity contribution in [1.29, 1.82) is 0 Å². The Morgan fingerprint density at radius 1 is 1.06 bits per heavy atom. The van der Waals surface area contributed by atoms with Gasteiger partial charge in [0.1, 0.15) is 12.4 Å². The van der Waals surface area contributed by atoms with E-state index in [2.05, 4.69) is 22.5 Å². The van der Waals surface area contributed by atoms with Crippen molar-refractivity contribution in [2.45, 2.75) is 40.8 Å². The highest BCUT2D eigenvalue weighted by molar-refractivity contribution is 7.12. The summed E-state index contributed by atoms with van der Waals surface area (Å²) >= 11 is 1.43. The van der Waals surface area contributed by atoms with E-state index in [0.29, 0.717) is 18.0 Å². The lowest BCUT2D eigenvalue weighted by Gasteiger charge is -2.09. The first-order chi connectivity index (χ1) is 15.4. The second-order valence-corrected chi connectivity index (χ2v) is 8.87. The van der Waals surface area contributed by atoms with Crippen LogP contribution in [-0.2, 0) is 13.2 Å². The van der Waals surface area contributed by atoms with E-state index in [0.717, 1.165) is 45.1 Å². The van der Waals surface area contributed by atoms with Gasteiger partial charge in [0, 0.05) is 23.4 Å². The molecule has 0 unspecified atom stereocenters. The molecule has 0 fully saturated rings. The highest BCUT2D eigenvalue weighted by Crippen LogP contribution is 2.23. The van der Waals surface area contributed by atoms with E-state index in [1.165, 1.54) is 11.3 Å². The molecule has 164 valence electrons. The molecule has 32 heavy (non-hydrogen) atoms. The molecular weight excluding hydrogens is 418 g/mol. The van der Waals surface area contributed by atoms with Gasteiger partial charge < -0.3 is 10.1 Å². The maximum absolute atomic E-state index is 12.7. The lowest BCUT2D eigenvalue weighted by atomic mass is 10.1. The van der Waals surface area contributed by atoms with Gasteiger partial charge in [-0.15, -0.1) is 11.3 Å².